The van der Waals surface area contributed by atoms with E-state index in [1.165, 1.54) is 0 Å². The molecule has 0 aliphatic heterocycles. The maximum absolute atomic E-state index is 12.6. The van der Waals surface area contributed by atoms with E-state index in [0.717, 1.165) is 0 Å². The quantitative estimate of drug-likeness (QED) is 0.391. The zero-order valence-electron chi connectivity index (χ0n) is 16.0. The number of ether oxygens (including phenoxy) is 3. The number of carbonyl (C=O) groups is 1. The van der Waals surface area contributed by atoms with E-state index >= 15 is 0 Å². The fourth-order valence-corrected chi connectivity index (χ4v) is 2.36. The second-order valence-corrected chi connectivity index (χ2v) is 6.34. The van der Waals surface area contributed by atoms with Crippen LogP contribution in [0.4, 0.5) is 0 Å². The number of methoxy groups -OCH3 is 2. The van der Waals surface area contributed by atoms with Crippen molar-refractivity contribution in [1.29, 1.82) is 5.26 Å². The summed E-state index contributed by atoms with van der Waals surface area (Å²) in [5.74, 6) is 1.87. The Balaban J connectivity index is 2.28. The molecule has 0 saturated carbocycles. The molecule has 0 atom stereocenters. The minimum absolute atomic E-state index is 0.0399. The molecule has 0 amide bonds. The zero-order chi connectivity index (χ0) is 19.8. The van der Waals surface area contributed by atoms with Gasteiger partial charge in [-0.3, -0.25) is 4.79 Å². The van der Waals surface area contributed by atoms with Crippen molar-refractivity contribution in [1.82, 2.24) is 0 Å². The Labute approximate surface area is 159 Å². The molecule has 140 valence electrons. The molecule has 2 aromatic rings. The van der Waals surface area contributed by atoms with Crippen LogP contribution in [0.3, 0.4) is 0 Å². The second kappa shape index (κ2) is 9.44. The Morgan fingerprint density at radius 1 is 1.07 bits per heavy atom. The minimum atomic E-state index is -0.348. The molecule has 0 aliphatic carbocycles. The van der Waals surface area contributed by atoms with E-state index in [1.54, 1.807) is 62.8 Å². The van der Waals surface area contributed by atoms with Gasteiger partial charge in [0, 0.05) is 5.56 Å². The maximum Gasteiger partial charge on any atom is 0.203 e. The van der Waals surface area contributed by atoms with Crippen LogP contribution in [0, 0.1) is 17.2 Å². The number of hydrogen-bond donors (Lipinski definition) is 0. The standard InChI is InChI=1S/C22H23NO4/c1-15(2)14-27-20-10-5-16(12-21(20)26-4)11-18(13-23)22(24)17-6-8-19(25-3)9-7-17/h5-12,15H,14H2,1-4H3/b18-11+. The van der Waals surface area contributed by atoms with Crippen LogP contribution in [0.25, 0.3) is 6.08 Å². The Morgan fingerprint density at radius 2 is 1.78 bits per heavy atom. The van der Waals surface area contributed by atoms with Crippen LogP contribution in [0.2, 0.25) is 0 Å². The number of carbonyl (C=O) groups excluding carboxylic acids is 1. The molecule has 0 fully saturated rings. The van der Waals surface area contributed by atoms with Crippen molar-refractivity contribution < 1.29 is 19.0 Å². The molecule has 0 aromatic heterocycles. The summed E-state index contributed by atoms with van der Waals surface area (Å²) in [6.45, 7) is 4.70. The van der Waals surface area contributed by atoms with Crippen LogP contribution >= 0.6 is 0 Å². The minimum Gasteiger partial charge on any atom is -0.497 e. The van der Waals surface area contributed by atoms with Gasteiger partial charge in [0.05, 0.1) is 20.8 Å². The van der Waals surface area contributed by atoms with E-state index < -0.39 is 0 Å². The fraction of sp³-hybridized carbons (Fsp3) is 0.273. The smallest absolute Gasteiger partial charge is 0.203 e. The number of ketones is 1. The normalized spacial score (nSPS) is 11.0. The molecule has 2 aromatic carbocycles. The monoisotopic (exact) mass is 365 g/mol. The Bertz CT molecular complexity index is 861. The molecule has 0 heterocycles. The predicted octanol–water partition coefficient (Wildman–Crippen LogP) is 4.53. The predicted molar refractivity (Wildman–Crippen MR) is 104 cm³/mol. The molecular formula is C22H23NO4. The third kappa shape index (κ3) is 5.35. The van der Waals surface area contributed by atoms with E-state index in [0.29, 0.717) is 40.9 Å². The van der Waals surface area contributed by atoms with Gasteiger partial charge < -0.3 is 14.2 Å². The highest BCUT2D eigenvalue weighted by Crippen LogP contribution is 2.29. The van der Waals surface area contributed by atoms with Gasteiger partial charge >= 0.3 is 0 Å². The SMILES string of the molecule is COc1ccc(C(=O)/C(C#N)=C/c2ccc(OCC(C)C)c(OC)c2)cc1. The van der Waals surface area contributed by atoms with Crippen LogP contribution in [0.1, 0.15) is 29.8 Å². The van der Waals surface area contributed by atoms with E-state index in [2.05, 4.69) is 13.8 Å². The number of allylic oxidation sites excluding steroid dienone is 1. The average Bonchev–Trinajstić information content (AvgIpc) is 2.70. The number of hydrogen-bond acceptors (Lipinski definition) is 5. The van der Waals surface area contributed by atoms with Gasteiger partial charge in [-0.1, -0.05) is 19.9 Å². The van der Waals surface area contributed by atoms with Gasteiger partial charge in [0.2, 0.25) is 5.78 Å². The Morgan fingerprint density at radius 3 is 2.33 bits per heavy atom. The molecule has 0 unspecified atom stereocenters. The summed E-state index contributed by atoms with van der Waals surface area (Å²) in [6, 6.07) is 13.9. The van der Waals surface area contributed by atoms with Gasteiger partial charge in [-0.05, 0) is 54.0 Å². The molecular weight excluding hydrogens is 342 g/mol. The van der Waals surface area contributed by atoms with Gasteiger partial charge in [-0.2, -0.15) is 5.26 Å². The summed E-state index contributed by atoms with van der Waals surface area (Å²) >= 11 is 0. The summed E-state index contributed by atoms with van der Waals surface area (Å²) in [4.78, 5) is 12.6. The first-order chi connectivity index (χ1) is 13.0. The lowest BCUT2D eigenvalue weighted by atomic mass is 10.0. The molecule has 0 radical (unpaired) electrons. The number of Topliss-reactive ketones (excluding diaryl/α,β-unsaturated/α-hetero) is 1. The lowest BCUT2D eigenvalue weighted by Crippen LogP contribution is -2.05. The highest BCUT2D eigenvalue weighted by Gasteiger charge is 2.13. The van der Waals surface area contributed by atoms with Gasteiger partial charge in [-0.15, -0.1) is 0 Å². The van der Waals surface area contributed by atoms with Gasteiger partial charge in [0.1, 0.15) is 17.4 Å². The number of benzene rings is 2. The Hall–Kier alpha value is -3.26. The van der Waals surface area contributed by atoms with Crippen LogP contribution in [0.15, 0.2) is 48.0 Å². The van der Waals surface area contributed by atoms with Gasteiger partial charge in [-0.25, -0.2) is 0 Å². The molecule has 0 N–H and O–H groups in total. The highest BCUT2D eigenvalue weighted by atomic mass is 16.5. The summed E-state index contributed by atoms with van der Waals surface area (Å²) in [7, 11) is 3.11. The van der Waals surface area contributed by atoms with Crippen molar-refractivity contribution in [2.45, 2.75) is 13.8 Å². The molecule has 0 spiro atoms. The molecule has 0 aliphatic rings. The molecule has 27 heavy (non-hydrogen) atoms. The van der Waals surface area contributed by atoms with E-state index in [-0.39, 0.29) is 11.4 Å². The lowest BCUT2D eigenvalue weighted by molar-refractivity contribution is 0.104. The van der Waals surface area contributed by atoms with E-state index in [4.69, 9.17) is 14.2 Å². The molecule has 5 nitrogen and oxygen atoms in total. The fourth-order valence-electron chi connectivity index (χ4n) is 2.36. The van der Waals surface area contributed by atoms with Crippen molar-refractivity contribution in [3.05, 3.63) is 59.2 Å². The first kappa shape index (κ1) is 20.1. The maximum atomic E-state index is 12.6. The second-order valence-electron chi connectivity index (χ2n) is 6.34. The largest absolute Gasteiger partial charge is 0.497 e. The number of rotatable bonds is 8. The first-order valence-electron chi connectivity index (χ1n) is 8.59. The highest BCUT2D eigenvalue weighted by molar-refractivity contribution is 6.14. The Kier molecular flexibility index (Phi) is 7.01. The average molecular weight is 365 g/mol. The van der Waals surface area contributed by atoms with Crippen LogP contribution in [-0.2, 0) is 0 Å². The third-order valence-electron chi connectivity index (χ3n) is 3.79. The summed E-state index contributed by atoms with van der Waals surface area (Å²) in [5, 5.41) is 9.43. The van der Waals surface area contributed by atoms with Crippen LogP contribution in [-0.4, -0.2) is 26.6 Å². The lowest BCUT2D eigenvalue weighted by Gasteiger charge is -2.13. The van der Waals surface area contributed by atoms with Crippen molar-refractivity contribution in [2.75, 3.05) is 20.8 Å². The molecule has 0 bridgehead atoms. The summed E-state index contributed by atoms with van der Waals surface area (Å²) in [5.41, 5.74) is 1.15. The van der Waals surface area contributed by atoms with Crippen molar-refractivity contribution in [3.8, 4) is 23.3 Å². The van der Waals surface area contributed by atoms with Crippen LogP contribution < -0.4 is 14.2 Å². The molecule has 2 rings (SSSR count). The summed E-state index contributed by atoms with van der Waals surface area (Å²) < 4.78 is 16.2. The topological polar surface area (TPSA) is 68.6 Å². The van der Waals surface area contributed by atoms with E-state index in [1.807, 2.05) is 6.07 Å². The number of nitrogens with zero attached hydrogens (tertiary/aromatic N) is 1. The van der Waals surface area contributed by atoms with Crippen LogP contribution in [0.5, 0.6) is 17.2 Å². The van der Waals surface area contributed by atoms with Crippen molar-refractivity contribution in [2.24, 2.45) is 5.92 Å². The van der Waals surface area contributed by atoms with E-state index in [9.17, 15) is 10.1 Å². The van der Waals surface area contributed by atoms with Crippen molar-refractivity contribution >= 4 is 11.9 Å². The zero-order valence-corrected chi connectivity index (χ0v) is 16.0. The molecule has 5 heteroatoms. The first-order valence-corrected chi connectivity index (χ1v) is 8.59. The van der Waals surface area contributed by atoms with Gasteiger partial charge in [0.25, 0.3) is 0 Å². The van der Waals surface area contributed by atoms with Gasteiger partial charge in [0.15, 0.2) is 11.5 Å². The molecule has 0 saturated heterocycles. The van der Waals surface area contributed by atoms with Crippen molar-refractivity contribution in [3.63, 3.8) is 0 Å². The summed E-state index contributed by atoms with van der Waals surface area (Å²) in [6.07, 6.45) is 1.54. The number of nitriles is 1. The third-order valence-corrected chi connectivity index (χ3v) is 3.79.